The number of rotatable bonds is 5. The first kappa shape index (κ1) is 21.9. The van der Waals surface area contributed by atoms with E-state index in [1.54, 1.807) is 6.07 Å². The Bertz CT molecular complexity index is 1010. The van der Waals surface area contributed by atoms with Gasteiger partial charge in [0.2, 0.25) is 0 Å². The molecule has 5 rings (SSSR count). The largest absolute Gasteiger partial charge is 0.493 e. The van der Waals surface area contributed by atoms with E-state index in [4.69, 9.17) is 4.74 Å². The number of benzene rings is 2. The van der Waals surface area contributed by atoms with Crippen LogP contribution < -0.4 is 15.0 Å². The molecule has 2 amide bonds. The van der Waals surface area contributed by atoms with Crippen LogP contribution in [-0.4, -0.2) is 68.3 Å². The number of nitrogens with zero attached hydrogens (tertiary/aromatic N) is 3. The molecule has 3 aliphatic rings. The molecule has 33 heavy (non-hydrogen) atoms. The second kappa shape index (κ2) is 9.55. The molecule has 1 N–H and O–H groups in total. The Kier molecular flexibility index (Phi) is 6.35. The number of hydrogen-bond donors (Lipinski definition) is 1. The van der Waals surface area contributed by atoms with Crippen molar-refractivity contribution in [2.45, 2.75) is 19.4 Å². The minimum absolute atomic E-state index is 0.0180. The van der Waals surface area contributed by atoms with Gasteiger partial charge in [0.05, 0.1) is 6.61 Å². The standard InChI is InChI=1S/C25H30F2N4O2/c26-22-3-2-21(14-23(22)27)31-7-5-19(17-31)15-28-25(32)30-10-8-29(9-11-30)16-18-1-4-24-20(13-18)6-12-33-24/h1-4,13-14,19H,5-12,15-17H2,(H,28,32). The Morgan fingerprint density at radius 1 is 1.03 bits per heavy atom. The van der Waals surface area contributed by atoms with E-state index in [-0.39, 0.29) is 6.03 Å². The zero-order valence-corrected chi connectivity index (χ0v) is 18.7. The van der Waals surface area contributed by atoms with Crippen LogP contribution in [0.25, 0.3) is 0 Å². The van der Waals surface area contributed by atoms with E-state index in [9.17, 15) is 13.6 Å². The van der Waals surface area contributed by atoms with E-state index < -0.39 is 11.6 Å². The van der Waals surface area contributed by atoms with Gasteiger partial charge in [-0.3, -0.25) is 4.90 Å². The van der Waals surface area contributed by atoms with Gasteiger partial charge in [0.1, 0.15) is 5.75 Å². The second-order valence-electron chi connectivity index (χ2n) is 9.19. The topological polar surface area (TPSA) is 48.1 Å². The first-order valence-corrected chi connectivity index (χ1v) is 11.7. The number of ether oxygens (including phenoxy) is 1. The van der Waals surface area contributed by atoms with Gasteiger partial charge in [0.15, 0.2) is 11.6 Å². The molecule has 2 aromatic carbocycles. The number of amides is 2. The van der Waals surface area contributed by atoms with Crippen molar-refractivity contribution in [3.05, 3.63) is 59.2 Å². The molecular weight excluding hydrogens is 426 g/mol. The van der Waals surface area contributed by atoms with Crippen molar-refractivity contribution in [3.8, 4) is 5.75 Å². The van der Waals surface area contributed by atoms with Crippen LogP contribution in [0.5, 0.6) is 5.75 Å². The number of carbonyl (C=O) groups excluding carboxylic acids is 1. The van der Waals surface area contributed by atoms with Crippen molar-refractivity contribution in [2.24, 2.45) is 5.92 Å². The summed E-state index contributed by atoms with van der Waals surface area (Å²) in [5.74, 6) is -0.347. The van der Waals surface area contributed by atoms with Gasteiger partial charge in [-0.1, -0.05) is 12.1 Å². The fourth-order valence-electron chi connectivity index (χ4n) is 4.96. The summed E-state index contributed by atoms with van der Waals surface area (Å²) in [6.07, 6.45) is 1.90. The maximum Gasteiger partial charge on any atom is 0.317 e. The number of anilines is 1. The number of hydrogen-bond acceptors (Lipinski definition) is 4. The Balaban J connectivity index is 1.04. The summed E-state index contributed by atoms with van der Waals surface area (Å²) in [5.41, 5.74) is 3.28. The van der Waals surface area contributed by atoms with Crippen LogP contribution >= 0.6 is 0 Å². The lowest BCUT2D eigenvalue weighted by Gasteiger charge is -2.35. The predicted molar refractivity (Wildman–Crippen MR) is 123 cm³/mol. The van der Waals surface area contributed by atoms with Gasteiger partial charge in [-0.25, -0.2) is 13.6 Å². The van der Waals surface area contributed by atoms with Gasteiger partial charge >= 0.3 is 6.03 Å². The minimum atomic E-state index is -0.830. The molecule has 2 saturated heterocycles. The third kappa shape index (κ3) is 5.05. The van der Waals surface area contributed by atoms with Crippen LogP contribution in [-0.2, 0) is 13.0 Å². The Hall–Kier alpha value is -2.87. The van der Waals surface area contributed by atoms with Crippen molar-refractivity contribution in [1.82, 2.24) is 15.1 Å². The van der Waals surface area contributed by atoms with Gasteiger partial charge < -0.3 is 19.9 Å². The summed E-state index contributed by atoms with van der Waals surface area (Å²) >= 11 is 0. The molecule has 8 heteroatoms. The third-order valence-corrected chi connectivity index (χ3v) is 6.92. The monoisotopic (exact) mass is 456 g/mol. The SMILES string of the molecule is O=C(NCC1CCN(c2ccc(F)c(F)c2)C1)N1CCN(Cc2ccc3c(c2)CCO3)CC1. The lowest BCUT2D eigenvalue weighted by Crippen LogP contribution is -2.52. The lowest BCUT2D eigenvalue weighted by molar-refractivity contribution is 0.134. The van der Waals surface area contributed by atoms with Gasteiger partial charge in [-0.2, -0.15) is 0 Å². The van der Waals surface area contributed by atoms with E-state index in [1.165, 1.54) is 17.2 Å². The molecule has 2 aromatic rings. The molecule has 1 atom stereocenters. The highest BCUT2D eigenvalue weighted by Gasteiger charge is 2.26. The molecule has 1 unspecified atom stereocenters. The van der Waals surface area contributed by atoms with Crippen molar-refractivity contribution >= 4 is 11.7 Å². The minimum Gasteiger partial charge on any atom is -0.493 e. The van der Waals surface area contributed by atoms with Crippen molar-refractivity contribution < 1.29 is 18.3 Å². The number of carbonyl (C=O) groups is 1. The predicted octanol–water partition coefficient (Wildman–Crippen LogP) is 3.25. The van der Waals surface area contributed by atoms with E-state index in [0.29, 0.717) is 31.2 Å². The van der Waals surface area contributed by atoms with Gasteiger partial charge in [0.25, 0.3) is 0 Å². The van der Waals surface area contributed by atoms with Crippen molar-refractivity contribution in [1.29, 1.82) is 0 Å². The maximum atomic E-state index is 13.5. The molecule has 0 saturated carbocycles. The van der Waals surface area contributed by atoms with Crippen molar-refractivity contribution in [2.75, 3.05) is 57.3 Å². The number of nitrogens with one attached hydrogen (secondary N) is 1. The van der Waals surface area contributed by atoms with Crippen LogP contribution in [0, 0.1) is 17.6 Å². The Morgan fingerprint density at radius 2 is 1.88 bits per heavy atom. The summed E-state index contributed by atoms with van der Waals surface area (Å²) < 4.78 is 32.3. The average molecular weight is 457 g/mol. The van der Waals surface area contributed by atoms with E-state index in [2.05, 4.69) is 28.4 Å². The molecule has 2 fully saturated rings. The highest BCUT2D eigenvalue weighted by atomic mass is 19.2. The number of fused-ring (bicyclic) bond motifs is 1. The summed E-state index contributed by atoms with van der Waals surface area (Å²) in [5, 5.41) is 3.07. The third-order valence-electron chi connectivity index (χ3n) is 6.92. The molecular formula is C25H30F2N4O2. The molecule has 3 heterocycles. The zero-order chi connectivity index (χ0) is 22.8. The van der Waals surface area contributed by atoms with Crippen molar-refractivity contribution in [3.63, 3.8) is 0 Å². The van der Waals surface area contributed by atoms with Crippen LogP contribution in [0.15, 0.2) is 36.4 Å². The first-order chi connectivity index (χ1) is 16.0. The number of urea groups is 1. The number of piperazine rings is 1. The van der Waals surface area contributed by atoms with Crippen LogP contribution in [0.2, 0.25) is 0 Å². The Labute approximate surface area is 193 Å². The quantitative estimate of drug-likeness (QED) is 0.751. The maximum absolute atomic E-state index is 13.5. The molecule has 176 valence electrons. The smallest absolute Gasteiger partial charge is 0.317 e. The lowest BCUT2D eigenvalue weighted by atomic mass is 10.1. The van der Waals surface area contributed by atoms with E-state index in [0.717, 1.165) is 64.0 Å². The summed E-state index contributed by atoms with van der Waals surface area (Å²) in [4.78, 5) is 19.0. The fraction of sp³-hybridized carbons (Fsp3) is 0.480. The zero-order valence-electron chi connectivity index (χ0n) is 18.7. The van der Waals surface area contributed by atoms with Crippen LogP contribution in [0.4, 0.5) is 19.3 Å². The fourth-order valence-corrected chi connectivity index (χ4v) is 4.96. The molecule has 3 aliphatic heterocycles. The highest BCUT2D eigenvalue weighted by Crippen LogP contribution is 2.27. The summed E-state index contributed by atoms with van der Waals surface area (Å²) in [6.45, 7) is 6.90. The normalized spacial score (nSPS) is 20.6. The molecule has 6 nitrogen and oxygen atoms in total. The van der Waals surface area contributed by atoms with Gasteiger partial charge in [-0.15, -0.1) is 0 Å². The molecule has 0 spiro atoms. The van der Waals surface area contributed by atoms with E-state index >= 15 is 0 Å². The average Bonchev–Trinajstić information content (AvgIpc) is 3.49. The van der Waals surface area contributed by atoms with Crippen LogP contribution in [0.3, 0.4) is 0 Å². The molecule has 0 bridgehead atoms. The molecule has 0 aliphatic carbocycles. The van der Waals surface area contributed by atoms with Gasteiger partial charge in [-0.05, 0) is 41.7 Å². The number of halogens is 2. The molecule has 0 radical (unpaired) electrons. The molecule has 0 aromatic heterocycles. The second-order valence-corrected chi connectivity index (χ2v) is 9.19. The highest BCUT2D eigenvalue weighted by molar-refractivity contribution is 5.74. The van der Waals surface area contributed by atoms with E-state index in [1.807, 2.05) is 9.80 Å². The Morgan fingerprint density at radius 3 is 2.70 bits per heavy atom. The summed E-state index contributed by atoms with van der Waals surface area (Å²) in [7, 11) is 0. The van der Waals surface area contributed by atoms with Crippen LogP contribution in [0.1, 0.15) is 17.5 Å². The first-order valence-electron chi connectivity index (χ1n) is 11.7. The summed E-state index contributed by atoms with van der Waals surface area (Å²) in [6, 6.07) is 10.4. The van der Waals surface area contributed by atoms with Gasteiger partial charge in [0, 0.05) is 70.5 Å².